The highest BCUT2D eigenvalue weighted by Crippen LogP contribution is 2.13. The van der Waals surface area contributed by atoms with Crippen molar-refractivity contribution >= 4 is 21.4 Å². The minimum atomic E-state index is -3.00. The number of nitrogens with one attached hydrogen (secondary N) is 2. The molecule has 0 aliphatic carbocycles. The third-order valence-electron chi connectivity index (χ3n) is 3.01. The molecule has 1 unspecified atom stereocenters. The molecule has 2 rings (SSSR count). The summed E-state index contributed by atoms with van der Waals surface area (Å²) in [5.74, 6) is -0.214. The van der Waals surface area contributed by atoms with Gasteiger partial charge in [0.05, 0.1) is 11.5 Å². The maximum absolute atomic E-state index is 12.0. The summed E-state index contributed by atoms with van der Waals surface area (Å²) in [6, 6.07) is 3.06. The Morgan fingerprint density at radius 2 is 2.35 bits per heavy atom. The van der Waals surface area contributed by atoms with Gasteiger partial charge in [-0.05, 0) is 18.6 Å². The summed E-state index contributed by atoms with van der Waals surface area (Å²) >= 11 is 0. The highest BCUT2D eigenvalue weighted by Gasteiger charge is 2.29. The average molecular weight is 295 g/mol. The number of hydrogen-bond donors (Lipinski definition) is 2. The second-order valence-corrected chi connectivity index (χ2v) is 6.90. The van der Waals surface area contributed by atoms with E-state index in [4.69, 9.17) is 0 Å². The minimum absolute atomic E-state index is 0.00709. The lowest BCUT2D eigenvalue weighted by molar-refractivity contribution is 0.0936. The number of carbonyl (C=O) groups is 1. The molecule has 6 nitrogen and oxygen atoms in total. The third-order valence-corrected chi connectivity index (χ3v) is 4.78. The number of amides is 1. The first-order valence-corrected chi connectivity index (χ1v) is 8.14. The van der Waals surface area contributed by atoms with E-state index in [1.54, 1.807) is 18.2 Å². The number of pyridine rings is 1. The van der Waals surface area contributed by atoms with E-state index in [2.05, 4.69) is 22.2 Å². The second kappa shape index (κ2) is 6.04. The number of hydrogen-bond acceptors (Lipinski definition) is 5. The van der Waals surface area contributed by atoms with Crippen molar-refractivity contribution in [1.82, 2.24) is 10.3 Å². The van der Waals surface area contributed by atoms with Crippen molar-refractivity contribution in [3.05, 3.63) is 36.7 Å². The molecule has 0 spiro atoms. The van der Waals surface area contributed by atoms with Gasteiger partial charge in [-0.25, -0.2) is 8.42 Å². The topological polar surface area (TPSA) is 88.2 Å². The fourth-order valence-corrected chi connectivity index (χ4v) is 3.70. The Bertz CT molecular complexity index is 613. The fourth-order valence-electron chi connectivity index (χ4n) is 2.02. The van der Waals surface area contributed by atoms with E-state index in [0.29, 0.717) is 13.0 Å². The molecule has 1 aromatic heterocycles. The normalized spacial score (nSPS) is 20.3. The third kappa shape index (κ3) is 3.80. The first kappa shape index (κ1) is 14.5. The van der Waals surface area contributed by atoms with Crippen LogP contribution in [-0.4, -0.2) is 43.4 Å². The van der Waals surface area contributed by atoms with Crippen LogP contribution in [0.25, 0.3) is 0 Å². The van der Waals surface area contributed by atoms with Gasteiger partial charge >= 0.3 is 0 Å². The minimum Gasteiger partial charge on any atom is -0.381 e. The largest absolute Gasteiger partial charge is 0.381 e. The van der Waals surface area contributed by atoms with Crippen LogP contribution < -0.4 is 10.6 Å². The van der Waals surface area contributed by atoms with Crippen molar-refractivity contribution in [2.45, 2.75) is 12.5 Å². The molecule has 0 aromatic carbocycles. The molecule has 108 valence electrons. The molecule has 1 saturated heterocycles. The summed E-state index contributed by atoms with van der Waals surface area (Å²) in [6.45, 7) is 4.19. The van der Waals surface area contributed by atoms with Crippen molar-refractivity contribution in [2.75, 3.05) is 23.4 Å². The molecule has 1 aromatic rings. The van der Waals surface area contributed by atoms with Gasteiger partial charge in [-0.1, -0.05) is 6.08 Å². The Kier molecular flexibility index (Phi) is 4.39. The van der Waals surface area contributed by atoms with Gasteiger partial charge in [0.1, 0.15) is 5.69 Å². The molecular formula is C13H17N3O3S. The zero-order valence-electron chi connectivity index (χ0n) is 11.0. The Hall–Kier alpha value is -1.89. The maximum atomic E-state index is 12.0. The molecule has 0 saturated carbocycles. The Labute approximate surface area is 118 Å². The van der Waals surface area contributed by atoms with Crippen molar-refractivity contribution in [1.29, 1.82) is 0 Å². The lowest BCUT2D eigenvalue weighted by Gasteiger charge is -2.11. The standard InChI is InChI=1S/C13H17N3O3S/c1-2-5-14-10-3-6-15-12(8-10)13(17)16-11-4-7-20(18,19)9-11/h2-3,6,8,11H,1,4-5,7,9H2,(H,14,15)(H,16,17). The smallest absolute Gasteiger partial charge is 0.270 e. The number of aromatic nitrogens is 1. The fraction of sp³-hybridized carbons (Fsp3) is 0.385. The summed E-state index contributed by atoms with van der Waals surface area (Å²) in [4.78, 5) is 16.0. The van der Waals surface area contributed by atoms with E-state index in [0.717, 1.165) is 5.69 Å². The monoisotopic (exact) mass is 295 g/mol. The first-order chi connectivity index (χ1) is 9.50. The predicted octanol–water partition coefficient (Wildman–Crippen LogP) is 0.596. The van der Waals surface area contributed by atoms with Crippen LogP contribution in [0.1, 0.15) is 16.9 Å². The molecule has 1 atom stereocenters. The van der Waals surface area contributed by atoms with Crippen LogP contribution in [0.5, 0.6) is 0 Å². The molecule has 1 amide bonds. The zero-order chi connectivity index (χ0) is 14.6. The molecule has 20 heavy (non-hydrogen) atoms. The zero-order valence-corrected chi connectivity index (χ0v) is 11.8. The number of nitrogens with zero attached hydrogens (tertiary/aromatic N) is 1. The second-order valence-electron chi connectivity index (χ2n) is 4.67. The maximum Gasteiger partial charge on any atom is 0.270 e. The molecular weight excluding hydrogens is 278 g/mol. The summed E-state index contributed by atoms with van der Waals surface area (Å²) in [6.07, 6.45) is 3.71. The van der Waals surface area contributed by atoms with Crippen LogP contribution >= 0.6 is 0 Å². The van der Waals surface area contributed by atoms with Crippen LogP contribution in [0.2, 0.25) is 0 Å². The molecule has 2 heterocycles. The van der Waals surface area contributed by atoms with Gasteiger partial charge < -0.3 is 10.6 Å². The van der Waals surface area contributed by atoms with Crippen LogP contribution in [0.3, 0.4) is 0 Å². The van der Waals surface area contributed by atoms with Crippen molar-refractivity contribution < 1.29 is 13.2 Å². The molecule has 2 N–H and O–H groups in total. The number of rotatable bonds is 5. The Morgan fingerprint density at radius 1 is 1.55 bits per heavy atom. The Morgan fingerprint density at radius 3 is 3.00 bits per heavy atom. The van der Waals surface area contributed by atoms with E-state index in [1.807, 2.05) is 0 Å². The highest BCUT2D eigenvalue weighted by atomic mass is 32.2. The summed E-state index contributed by atoms with van der Waals surface area (Å²) in [5, 5.41) is 5.77. The van der Waals surface area contributed by atoms with Gasteiger partial charge in [-0.3, -0.25) is 9.78 Å². The van der Waals surface area contributed by atoms with Crippen molar-refractivity contribution in [3.63, 3.8) is 0 Å². The van der Waals surface area contributed by atoms with Gasteiger partial charge in [-0.2, -0.15) is 0 Å². The highest BCUT2D eigenvalue weighted by molar-refractivity contribution is 7.91. The quantitative estimate of drug-likeness (QED) is 0.777. The van der Waals surface area contributed by atoms with Gasteiger partial charge in [0.15, 0.2) is 9.84 Å². The number of carbonyl (C=O) groups excluding carboxylic acids is 1. The molecule has 7 heteroatoms. The lowest BCUT2D eigenvalue weighted by atomic mass is 10.2. The summed E-state index contributed by atoms with van der Waals surface area (Å²) in [5.41, 5.74) is 1.03. The summed E-state index contributed by atoms with van der Waals surface area (Å²) < 4.78 is 22.7. The lowest BCUT2D eigenvalue weighted by Crippen LogP contribution is -2.36. The predicted molar refractivity (Wildman–Crippen MR) is 77.4 cm³/mol. The van der Waals surface area contributed by atoms with Gasteiger partial charge in [0.25, 0.3) is 5.91 Å². The van der Waals surface area contributed by atoms with Gasteiger partial charge in [-0.15, -0.1) is 6.58 Å². The van der Waals surface area contributed by atoms with E-state index in [1.165, 1.54) is 6.20 Å². The van der Waals surface area contributed by atoms with Crippen LogP contribution in [0.4, 0.5) is 5.69 Å². The summed E-state index contributed by atoms with van der Waals surface area (Å²) in [7, 11) is -3.00. The molecule has 1 aliphatic rings. The first-order valence-electron chi connectivity index (χ1n) is 6.32. The van der Waals surface area contributed by atoms with Gasteiger partial charge in [0.2, 0.25) is 0 Å². The van der Waals surface area contributed by atoms with E-state index < -0.39 is 9.84 Å². The van der Waals surface area contributed by atoms with Gasteiger partial charge in [0, 0.05) is 24.5 Å². The van der Waals surface area contributed by atoms with Crippen molar-refractivity contribution in [2.24, 2.45) is 0 Å². The van der Waals surface area contributed by atoms with Crippen LogP contribution in [0.15, 0.2) is 31.0 Å². The molecule has 0 bridgehead atoms. The number of sulfone groups is 1. The molecule has 1 fully saturated rings. The van der Waals surface area contributed by atoms with E-state index in [-0.39, 0.29) is 29.1 Å². The SMILES string of the molecule is C=CCNc1ccnc(C(=O)NC2CCS(=O)(=O)C2)c1. The van der Waals surface area contributed by atoms with Crippen LogP contribution in [0, 0.1) is 0 Å². The van der Waals surface area contributed by atoms with E-state index in [9.17, 15) is 13.2 Å². The Balaban J connectivity index is 2.00. The molecule has 0 radical (unpaired) electrons. The van der Waals surface area contributed by atoms with Crippen molar-refractivity contribution in [3.8, 4) is 0 Å². The van der Waals surface area contributed by atoms with E-state index >= 15 is 0 Å². The number of anilines is 1. The van der Waals surface area contributed by atoms with Crippen LogP contribution in [-0.2, 0) is 9.84 Å². The average Bonchev–Trinajstić information content (AvgIpc) is 2.76. The molecule has 1 aliphatic heterocycles.